The first-order valence-corrected chi connectivity index (χ1v) is 7.56. The predicted molar refractivity (Wildman–Crippen MR) is 84.8 cm³/mol. The Kier molecular flexibility index (Phi) is 5.59. The molecule has 0 spiro atoms. The van der Waals surface area contributed by atoms with Crippen molar-refractivity contribution < 1.29 is 9.53 Å². The van der Waals surface area contributed by atoms with E-state index in [1.54, 1.807) is 7.11 Å². The van der Waals surface area contributed by atoms with Crippen LogP contribution in [0.4, 0.5) is 5.69 Å². The number of piperazine rings is 1. The first kappa shape index (κ1) is 15.8. The molecule has 1 amide bonds. The van der Waals surface area contributed by atoms with E-state index in [9.17, 15) is 4.79 Å². The Morgan fingerprint density at radius 3 is 2.57 bits per heavy atom. The van der Waals surface area contributed by atoms with E-state index < -0.39 is 0 Å². The molecule has 1 N–H and O–H groups in total. The van der Waals surface area contributed by atoms with E-state index in [2.05, 4.69) is 22.0 Å². The van der Waals surface area contributed by atoms with Crippen molar-refractivity contribution in [3.05, 3.63) is 24.3 Å². The zero-order valence-corrected chi connectivity index (χ0v) is 13.1. The number of para-hydroxylation sites is 2. The summed E-state index contributed by atoms with van der Waals surface area (Å²) in [7, 11) is 1.61. The highest BCUT2D eigenvalue weighted by Crippen LogP contribution is 2.23. The van der Waals surface area contributed by atoms with Gasteiger partial charge >= 0.3 is 0 Å². The Morgan fingerprint density at radius 1 is 1.29 bits per heavy atom. The van der Waals surface area contributed by atoms with Crippen molar-refractivity contribution in [2.45, 2.75) is 19.9 Å². The highest BCUT2D eigenvalue weighted by Gasteiger charge is 2.25. The number of hydrogen-bond acceptors (Lipinski definition) is 4. The van der Waals surface area contributed by atoms with Crippen molar-refractivity contribution in [2.75, 3.05) is 45.2 Å². The number of anilines is 1. The first-order chi connectivity index (χ1) is 10.2. The van der Waals surface area contributed by atoms with Crippen molar-refractivity contribution in [3.63, 3.8) is 0 Å². The molecule has 1 aliphatic heterocycles. The SMILES string of the molecule is CCN1CCN([C@@H](C)C(=O)Nc2ccccc2OC)CC1. The molecule has 0 aromatic heterocycles. The molecule has 21 heavy (non-hydrogen) atoms. The molecular formula is C16H25N3O2. The van der Waals surface area contributed by atoms with Crippen molar-refractivity contribution in [3.8, 4) is 5.75 Å². The van der Waals surface area contributed by atoms with E-state index in [1.165, 1.54) is 0 Å². The van der Waals surface area contributed by atoms with Crippen LogP contribution >= 0.6 is 0 Å². The second-order valence-electron chi connectivity index (χ2n) is 5.34. The third-order valence-corrected chi connectivity index (χ3v) is 4.15. The summed E-state index contributed by atoms with van der Waals surface area (Å²) in [5, 5.41) is 2.96. The zero-order valence-electron chi connectivity index (χ0n) is 13.1. The van der Waals surface area contributed by atoms with E-state index in [0.717, 1.165) is 38.4 Å². The molecule has 1 aromatic carbocycles. The van der Waals surface area contributed by atoms with Crippen LogP contribution in [0.1, 0.15) is 13.8 Å². The van der Waals surface area contributed by atoms with Gasteiger partial charge in [-0.05, 0) is 25.6 Å². The Morgan fingerprint density at radius 2 is 1.95 bits per heavy atom. The molecule has 5 heteroatoms. The number of likely N-dealkylation sites (N-methyl/N-ethyl adjacent to an activating group) is 1. The van der Waals surface area contributed by atoms with Gasteiger partial charge in [-0.15, -0.1) is 0 Å². The van der Waals surface area contributed by atoms with E-state index in [4.69, 9.17) is 4.74 Å². The van der Waals surface area contributed by atoms with Crippen LogP contribution in [0, 0.1) is 0 Å². The van der Waals surface area contributed by atoms with Gasteiger partial charge in [0.05, 0.1) is 18.8 Å². The molecule has 0 radical (unpaired) electrons. The predicted octanol–water partition coefficient (Wildman–Crippen LogP) is 1.66. The van der Waals surface area contributed by atoms with Gasteiger partial charge in [-0.25, -0.2) is 0 Å². The lowest BCUT2D eigenvalue weighted by Crippen LogP contribution is -2.52. The Balaban J connectivity index is 1.94. The number of carbonyl (C=O) groups excluding carboxylic acids is 1. The van der Waals surface area contributed by atoms with Crippen LogP contribution in [-0.2, 0) is 4.79 Å². The van der Waals surface area contributed by atoms with E-state index >= 15 is 0 Å². The molecule has 1 heterocycles. The average Bonchev–Trinajstić information content (AvgIpc) is 2.54. The third kappa shape index (κ3) is 3.95. The molecule has 1 aliphatic rings. The number of nitrogens with one attached hydrogen (secondary N) is 1. The Hall–Kier alpha value is -1.59. The second kappa shape index (κ2) is 7.43. The van der Waals surface area contributed by atoms with Crippen LogP contribution in [0.25, 0.3) is 0 Å². The topological polar surface area (TPSA) is 44.8 Å². The summed E-state index contributed by atoms with van der Waals surface area (Å²) in [6.07, 6.45) is 0. The molecule has 0 saturated carbocycles. The van der Waals surface area contributed by atoms with Gasteiger partial charge < -0.3 is 15.0 Å². The average molecular weight is 291 g/mol. The number of carbonyl (C=O) groups is 1. The summed E-state index contributed by atoms with van der Waals surface area (Å²) in [5.41, 5.74) is 0.726. The number of rotatable bonds is 5. The molecule has 1 saturated heterocycles. The smallest absolute Gasteiger partial charge is 0.241 e. The standard InChI is InChI=1S/C16H25N3O2/c1-4-18-9-11-19(12-10-18)13(2)16(20)17-14-7-5-6-8-15(14)21-3/h5-8,13H,4,9-12H2,1-3H3,(H,17,20)/t13-/m0/s1. The van der Waals surface area contributed by atoms with Gasteiger partial charge in [-0.2, -0.15) is 0 Å². The number of methoxy groups -OCH3 is 1. The third-order valence-electron chi connectivity index (χ3n) is 4.15. The summed E-state index contributed by atoms with van der Waals surface area (Å²) >= 11 is 0. The van der Waals surface area contributed by atoms with Crippen LogP contribution < -0.4 is 10.1 Å². The molecule has 1 aromatic rings. The number of ether oxygens (including phenoxy) is 1. The fourth-order valence-corrected chi connectivity index (χ4v) is 2.62. The highest BCUT2D eigenvalue weighted by atomic mass is 16.5. The molecule has 5 nitrogen and oxygen atoms in total. The summed E-state index contributed by atoms with van der Waals surface area (Å²) in [6, 6.07) is 7.36. The normalized spacial score (nSPS) is 18.2. The highest BCUT2D eigenvalue weighted by molar-refractivity contribution is 5.95. The summed E-state index contributed by atoms with van der Waals surface area (Å²) < 4.78 is 5.27. The minimum Gasteiger partial charge on any atom is -0.495 e. The molecule has 0 unspecified atom stereocenters. The Bertz CT molecular complexity index is 470. The fraction of sp³-hybridized carbons (Fsp3) is 0.562. The lowest BCUT2D eigenvalue weighted by atomic mass is 10.2. The molecular weight excluding hydrogens is 266 g/mol. The maximum Gasteiger partial charge on any atom is 0.241 e. The van der Waals surface area contributed by atoms with Crippen molar-refractivity contribution in [1.82, 2.24) is 9.80 Å². The van der Waals surface area contributed by atoms with Crippen LogP contribution in [0.3, 0.4) is 0 Å². The summed E-state index contributed by atoms with van der Waals surface area (Å²) in [4.78, 5) is 17.0. The van der Waals surface area contributed by atoms with Crippen LogP contribution in [0.5, 0.6) is 5.75 Å². The first-order valence-electron chi connectivity index (χ1n) is 7.56. The number of hydrogen-bond donors (Lipinski definition) is 1. The quantitative estimate of drug-likeness (QED) is 0.896. The van der Waals surface area contributed by atoms with Gasteiger partial charge in [-0.3, -0.25) is 9.69 Å². The lowest BCUT2D eigenvalue weighted by molar-refractivity contribution is -0.121. The molecule has 1 fully saturated rings. The van der Waals surface area contributed by atoms with E-state index in [0.29, 0.717) is 5.75 Å². The lowest BCUT2D eigenvalue weighted by Gasteiger charge is -2.36. The zero-order chi connectivity index (χ0) is 15.2. The van der Waals surface area contributed by atoms with Gasteiger partial charge in [0.15, 0.2) is 0 Å². The molecule has 116 valence electrons. The molecule has 0 aliphatic carbocycles. The minimum absolute atomic E-state index is 0.0180. The van der Waals surface area contributed by atoms with Crippen molar-refractivity contribution in [1.29, 1.82) is 0 Å². The number of nitrogens with zero attached hydrogens (tertiary/aromatic N) is 2. The van der Waals surface area contributed by atoms with Gasteiger partial charge in [-0.1, -0.05) is 19.1 Å². The van der Waals surface area contributed by atoms with Crippen LogP contribution in [-0.4, -0.2) is 61.6 Å². The van der Waals surface area contributed by atoms with Gasteiger partial charge in [0.2, 0.25) is 5.91 Å². The van der Waals surface area contributed by atoms with Crippen molar-refractivity contribution in [2.24, 2.45) is 0 Å². The summed E-state index contributed by atoms with van der Waals surface area (Å²) in [6.45, 7) is 9.16. The number of amides is 1. The van der Waals surface area contributed by atoms with Crippen LogP contribution in [0.2, 0.25) is 0 Å². The summed E-state index contributed by atoms with van der Waals surface area (Å²) in [5.74, 6) is 0.707. The van der Waals surface area contributed by atoms with Gasteiger partial charge in [0.25, 0.3) is 0 Å². The molecule has 0 bridgehead atoms. The fourth-order valence-electron chi connectivity index (χ4n) is 2.62. The second-order valence-corrected chi connectivity index (χ2v) is 5.34. The van der Waals surface area contributed by atoms with Crippen molar-refractivity contribution >= 4 is 11.6 Å². The van der Waals surface area contributed by atoms with E-state index in [-0.39, 0.29) is 11.9 Å². The minimum atomic E-state index is -0.131. The van der Waals surface area contributed by atoms with E-state index in [1.807, 2.05) is 31.2 Å². The Labute approximate surface area is 126 Å². The maximum atomic E-state index is 12.4. The maximum absolute atomic E-state index is 12.4. The molecule has 2 rings (SSSR count). The van der Waals surface area contributed by atoms with Gasteiger partial charge in [0, 0.05) is 26.2 Å². The van der Waals surface area contributed by atoms with Crippen LogP contribution in [0.15, 0.2) is 24.3 Å². The molecule has 1 atom stereocenters. The van der Waals surface area contributed by atoms with Gasteiger partial charge in [0.1, 0.15) is 5.75 Å². The largest absolute Gasteiger partial charge is 0.495 e. The monoisotopic (exact) mass is 291 g/mol. The number of benzene rings is 1.